The molecule has 0 bridgehead atoms. The van der Waals surface area contributed by atoms with Crippen LogP contribution >= 0.6 is 15.1 Å². The maximum Gasteiger partial charge on any atom is 0.0175 e. The molecule has 0 atom stereocenters. The zero-order valence-electron chi connectivity index (χ0n) is 36.0. The molecule has 0 fully saturated rings. The highest BCUT2D eigenvalue weighted by Gasteiger charge is 2.43. The first-order valence-electron chi connectivity index (χ1n) is 19.5. The van der Waals surface area contributed by atoms with E-state index in [0.717, 1.165) is 0 Å². The molecule has 1 heterocycles. The Labute approximate surface area is 321 Å². The average molecular weight is 731 g/mol. The van der Waals surface area contributed by atoms with Crippen molar-refractivity contribution < 1.29 is 0 Å². The van der Waals surface area contributed by atoms with Crippen LogP contribution in [-0.2, 0) is 32.5 Å². The molecule has 5 rings (SSSR count). The lowest BCUT2D eigenvalue weighted by Gasteiger charge is -2.43. The van der Waals surface area contributed by atoms with E-state index >= 15 is 0 Å². The molecule has 52 heavy (non-hydrogen) atoms. The lowest BCUT2D eigenvalue weighted by molar-refractivity contribution is 0.546. The van der Waals surface area contributed by atoms with Gasteiger partial charge in [0.2, 0.25) is 0 Å². The Hall–Kier alpha value is -2.65. The molecule has 0 N–H and O–H groups in total. The summed E-state index contributed by atoms with van der Waals surface area (Å²) in [4.78, 5) is 0. The van der Waals surface area contributed by atoms with Gasteiger partial charge >= 0.3 is 0 Å². The van der Waals surface area contributed by atoms with Crippen molar-refractivity contribution in [1.29, 1.82) is 0 Å². The third kappa shape index (κ3) is 7.92. The molecule has 1 aliphatic rings. The van der Waals surface area contributed by atoms with Gasteiger partial charge in [-0.15, -0.1) is 0 Å². The molecule has 0 aromatic heterocycles. The monoisotopic (exact) mass is 730 g/mol. The van der Waals surface area contributed by atoms with Crippen LogP contribution in [0.25, 0.3) is 0 Å². The van der Waals surface area contributed by atoms with Crippen LogP contribution in [0, 0.1) is 0 Å². The van der Waals surface area contributed by atoms with Crippen molar-refractivity contribution in [2.75, 3.05) is 0 Å². The second-order valence-corrected chi connectivity index (χ2v) is 26.3. The Bertz CT molecular complexity index is 1860. The van der Waals surface area contributed by atoms with Crippen molar-refractivity contribution in [2.24, 2.45) is 0 Å². The van der Waals surface area contributed by atoms with Crippen molar-refractivity contribution in [3.63, 3.8) is 0 Å². The summed E-state index contributed by atoms with van der Waals surface area (Å²) in [5, 5.41) is 6.31. The van der Waals surface area contributed by atoms with E-state index in [0.29, 0.717) is 0 Å². The highest BCUT2D eigenvalue weighted by Crippen LogP contribution is 2.63. The van der Waals surface area contributed by atoms with Gasteiger partial charge in [-0.05, 0) is 95.5 Å². The Kier molecular flexibility index (Phi) is 10.6. The molecule has 0 saturated carbocycles. The van der Waals surface area contributed by atoms with Gasteiger partial charge in [-0.3, -0.25) is 0 Å². The molecule has 0 aliphatic carbocycles. The van der Waals surface area contributed by atoms with E-state index in [1.54, 1.807) is 21.2 Å². The molecule has 0 radical (unpaired) electrons. The minimum atomic E-state index is -0.802. The highest BCUT2D eigenvalue weighted by atomic mass is 31.2. The Morgan fingerprint density at radius 1 is 0.327 bits per heavy atom. The van der Waals surface area contributed by atoms with Gasteiger partial charge in [-0.2, -0.15) is 0 Å². The van der Waals surface area contributed by atoms with Gasteiger partial charge in [-0.1, -0.05) is 217 Å². The maximum absolute atomic E-state index is 2.59. The molecular formula is C50H68P2. The van der Waals surface area contributed by atoms with Crippen LogP contribution in [0.1, 0.15) is 169 Å². The fourth-order valence-electron chi connectivity index (χ4n) is 7.44. The van der Waals surface area contributed by atoms with Crippen molar-refractivity contribution in [1.82, 2.24) is 0 Å². The van der Waals surface area contributed by atoms with Gasteiger partial charge in [0.25, 0.3) is 0 Å². The van der Waals surface area contributed by atoms with E-state index in [2.05, 4.69) is 210 Å². The van der Waals surface area contributed by atoms with Crippen LogP contribution < -0.4 is 10.6 Å². The van der Waals surface area contributed by atoms with Gasteiger partial charge in [0, 0.05) is 10.1 Å². The Morgan fingerprint density at radius 3 is 0.846 bits per heavy atom. The lowest BCUT2D eigenvalue weighted by atomic mass is 9.72. The Morgan fingerprint density at radius 2 is 0.596 bits per heavy atom. The summed E-state index contributed by atoms with van der Waals surface area (Å²) in [6.07, 6.45) is 0. The third-order valence-electron chi connectivity index (χ3n) is 10.6. The quantitative estimate of drug-likeness (QED) is 0.183. The van der Waals surface area contributed by atoms with Crippen LogP contribution in [0.5, 0.6) is 0 Å². The first-order chi connectivity index (χ1) is 23.6. The molecule has 0 nitrogen and oxygen atoms in total. The van der Waals surface area contributed by atoms with Crippen molar-refractivity contribution in [3.05, 3.63) is 129 Å². The molecule has 0 unspecified atom stereocenters. The number of rotatable bonds is 4. The second kappa shape index (κ2) is 13.6. The summed E-state index contributed by atoms with van der Waals surface area (Å²) in [6.45, 7) is 43.5. The number of hydrogen-bond acceptors (Lipinski definition) is 0. The summed E-state index contributed by atoms with van der Waals surface area (Å²) < 4.78 is 0. The highest BCUT2D eigenvalue weighted by molar-refractivity contribution is 8.20. The zero-order chi connectivity index (χ0) is 39.0. The van der Waals surface area contributed by atoms with Crippen LogP contribution in [0.3, 0.4) is 0 Å². The smallest absolute Gasteiger partial charge is 0.0175 e. The molecule has 4 aromatic carbocycles. The van der Waals surface area contributed by atoms with Gasteiger partial charge in [0.1, 0.15) is 0 Å². The minimum Gasteiger partial charge on any atom is -0.0750 e. The minimum absolute atomic E-state index is 0.0315. The van der Waals surface area contributed by atoms with Crippen LogP contribution in [-0.4, -0.2) is 10.1 Å². The van der Waals surface area contributed by atoms with E-state index in [9.17, 15) is 0 Å². The van der Waals surface area contributed by atoms with E-state index in [1.807, 2.05) is 0 Å². The SMILES string of the molecule is CC(C)(C)c1cc(C(C)(C)C)c(C2=P(c3ccccc3)=C(c3c(C(C)(C)C)cc(C(C)(C)C)cc3C(C)(C)C)P2c2ccccc2)c(C(C)(C)C)c1. The first kappa shape index (κ1) is 40.5. The predicted octanol–water partition coefficient (Wildman–Crippen LogP) is 13.8. The fourth-order valence-corrected chi connectivity index (χ4v) is 15.1. The number of benzene rings is 4. The van der Waals surface area contributed by atoms with Crippen LogP contribution in [0.4, 0.5) is 0 Å². The normalized spacial score (nSPS) is 17.0. The summed E-state index contributed by atoms with van der Waals surface area (Å²) in [7, 11) is -1.60. The molecule has 0 saturated heterocycles. The third-order valence-corrected chi connectivity index (χ3v) is 17.2. The van der Waals surface area contributed by atoms with Gasteiger partial charge < -0.3 is 0 Å². The Balaban J connectivity index is 2.17. The summed E-state index contributed by atoms with van der Waals surface area (Å²) >= 11 is 0. The standard InChI is InChI=1S/C50H68P2/c1-45(2,3)33-29-37(47(7,8)9)41(38(30-33)48(10,11)12)43-51(35-25-21-19-22-26-35)44(52(43)36-27-23-20-24-28-36)42-39(49(13,14)15)31-34(46(4,5)6)32-40(42)50(16,17)18/h19-32H,1-18H3. The van der Waals surface area contributed by atoms with Crippen molar-refractivity contribution in [2.45, 2.75) is 157 Å². The maximum atomic E-state index is 2.59. The van der Waals surface area contributed by atoms with Crippen LogP contribution in [0.2, 0.25) is 0 Å². The molecule has 0 amide bonds. The molecule has 278 valence electrons. The molecular weight excluding hydrogens is 662 g/mol. The largest absolute Gasteiger partial charge is 0.0750 e. The summed E-state index contributed by atoms with van der Waals surface area (Å²) in [5.74, 6) is 0. The predicted molar refractivity (Wildman–Crippen MR) is 239 cm³/mol. The summed E-state index contributed by atoms with van der Waals surface area (Å²) in [6, 6.07) is 33.5. The fraction of sp³-hybridized carbons (Fsp3) is 0.480. The average Bonchev–Trinajstić information content (AvgIpc) is 2.98. The molecule has 4 aromatic rings. The molecule has 0 spiro atoms. The molecule has 2 heteroatoms. The van der Waals surface area contributed by atoms with E-state index in [4.69, 9.17) is 0 Å². The van der Waals surface area contributed by atoms with Gasteiger partial charge in [0.15, 0.2) is 0 Å². The van der Waals surface area contributed by atoms with E-state index < -0.39 is 15.1 Å². The van der Waals surface area contributed by atoms with E-state index in [-0.39, 0.29) is 32.5 Å². The summed E-state index contributed by atoms with van der Waals surface area (Å²) in [5.41, 5.74) is 11.9. The lowest BCUT2D eigenvalue weighted by Crippen LogP contribution is -2.34. The van der Waals surface area contributed by atoms with Crippen molar-refractivity contribution in [3.8, 4) is 0 Å². The van der Waals surface area contributed by atoms with E-state index in [1.165, 1.54) is 44.0 Å². The van der Waals surface area contributed by atoms with Crippen molar-refractivity contribution >= 4 is 35.8 Å². The topological polar surface area (TPSA) is 0 Å². The van der Waals surface area contributed by atoms with Gasteiger partial charge in [-0.25, -0.2) is 0 Å². The number of hydrogen-bond donors (Lipinski definition) is 0. The van der Waals surface area contributed by atoms with Gasteiger partial charge in [0.05, 0.1) is 0 Å². The van der Waals surface area contributed by atoms with Crippen LogP contribution in [0.15, 0.2) is 84.9 Å². The first-order valence-corrected chi connectivity index (χ1v) is 22.2. The second-order valence-electron chi connectivity index (χ2n) is 21.4. The zero-order valence-corrected chi connectivity index (χ0v) is 37.8. The molecule has 1 aliphatic heterocycles.